The molecule has 0 aliphatic rings. The molecule has 4 heteroatoms. The quantitative estimate of drug-likeness (QED) is 0.0824. The Labute approximate surface area is 276 Å². The monoisotopic (exact) mass is 610 g/mol. The number of unbranched alkanes of at least 4 members (excludes halogenated alkanes) is 4. The van der Waals surface area contributed by atoms with Crippen LogP contribution >= 0.6 is 0 Å². The molecular weight excluding hydrogens is 560 g/mol. The van der Waals surface area contributed by atoms with Crippen LogP contribution in [0.1, 0.15) is 112 Å². The molecule has 4 nitrogen and oxygen atoms in total. The van der Waals surface area contributed by atoms with E-state index in [0.717, 1.165) is 70.0 Å². The molecule has 0 aliphatic carbocycles. The molecule has 0 bridgehead atoms. The van der Waals surface area contributed by atoms with Crippen molar-refractivity contribution in [1.29, 1.82) is 0 Å². The van der Waals surface area contributed by atoms with Crippen LogP contribution in [0.3, 0.4) is 0 Å². The lowest BCUT2D eigenvalue weighted by atomic mass is 10.0. The van der Waals surface area contributed by atoms with E-state index >= 15 is 0 Å². The Bertz CT molecular complexity index is 1610. The number of benzene rings is 4. The van der Waals surface area contributed by atoms with Crippen molar-refractivity contribution in [3.63, 3.8) is 0 Å². The van der Waals surface area contributed by atoms with Crippen LogP contribution in [0.15, 0.2) is 82.8 Å². The summed E-state index contributed by atoms with van der Waals surface area (Å²) in [4.78, 5) is 9.92. The summed E-state index contributed by atoms with van der Waals surface area (Å²) in [6, 6.07) is 26.3. The van der Waals surface area contributed by atoms with Crippen LogP contribution in [-0.2, 0) is 25.7 Å². The van der Waals surface area contributed by atoms with Gasteiger partial charge in [0.2, 0.25) is 0 Å². The Morgan fingerprint density at radius 3 is 1.15 bits per heavy atom. The molecule has 0 saturated carbocycles. The largest absolute Gasteiger partial charge is 0.256 e. The summed E-state index contributed by atoms with van der Waals surface area (Å²) in [5, 5.41) is 11.6. The minimum absolute atomic E-state index is 0.866. The van der Waals surface area contributed by atoms with E-state index in [0.29, 0.717) is 0 Å². The van der Waals surface area contributed by atoms with Gasteiger partial charge in [0.25, 0.3) is 0 Å². The number of aryl methyl sites for hydroxylation is 4. The topological polar surface area (TPSA) is 50.5 Å². The molecule has 0 fully saturated rings. The van der Waals surface area contributed by atoms with Gasteiger partial charge in [0, 0.05) is 34.3 Å². The van der Waals surface area contributed by atoms with E-state index in [-0.39, 0.29) is 0 Å². The predicted octanol–water partition coefficient (Wildman–Crippen LogP) is 11.7. The Balaban J connectivity index is 1.46. The van der Waals surface area contributed by atoms with Gasteiger partial charge in [-0.05, 0) is 97.9 Å². The van der Waals surface area contributed by atoms with Gasteiger partial charge in [-0.3, -0.25) is 9.98 Å². The van der Waals surface area contributed by atoms with E-state index in [1.165, 1.54) is 73.6 Å². The summed E-state index contributed by atoms with van der Waals surface area (Å²) in [7, 11) is 0. The summed E-state index contributed by atoms with van der Waals surface area (Å²) in [5.41, 5.74) is 11.2. The molecule has 1 aromatic heterocycles. The Hall–Kier alpha value is -4.18. The molecule has 0 atom stereocenters. The summed E-state index contributed by atoms with van der Waals surface area (Å²) in [6.07, 6.45) is 17.9. The van der Waals surface area contributed by atoms with Crippen molar-refractivity contribution in [2.45, 2.75) is 105 Å². The molecule has 4 aromatic carbocycles. The van der Waals surface area contributed by atoms with Gasteiger partial charge < -0.3 is 0 Å². The molecule has 1 heterocycles. The van der Waals surface area contributed by atoms with Gasteiger partial charge in [-0.2, -0.15) is 0 Å². The summed E-state index contributed by atoms with van der Waals surface area (Å²) in [5.74, 6) is 0. The van der Waals surface area contributed by atoms with Gasteiger partial charge >= 0.3 is 0 Å². The molecule has 0 amide bonds. The minimum atomic E-state index is 0.866. The van der Waals surface area contributed by atoms with Crippen molar-refractivity contribution in [3.05, 3.63) is 106 Å². The normalized spacial score (nSPS) is 11.9. The summed E-state index contributed by atoms with van der Waals surface area (Å²) in [6.45, 7) is 8.99. The maximum Gasteiger partial charge on any atom is 0.102 e. The Morgan fingerprint density at radius 2 is 0.826 bits per heavy atom. The van der Waals surface area contributed by atoms with Crippen molar-refractivity contribution in [3.8, 4) is 0 Å². The second-order valence-electron chi connectivity index (χ2n) is 12.6. The zero-order valence-electron chi connectivity index (χ0n) is 28.4. The molecule has 0 saturated heterocycles. The first-order valence-electron chi connectivity index (χ1n) is 17.6. The zero-order valence-corrected chi connectivity index (χ0v) is 28.4. The lowest BCUT2D eigenvalue weighted by Gasteiger charge is -2.09. The SMILES string of the molecule is CCCCc1cc(CCCC)cc(N=Cc2cccc3c2nnc2c(C=Nc4cc(CCCC)cc(CCCC)c4)cccc23)c1. The average molecular weight is 611 g/mol. The number of hydrogen-bond acceptors (Lipinski definition) is 4. The number of nitrogens with zero attached hydrogens (tertiary/aromatic N) is 4. The standard InChI is InChI=1S/C42H50N4/c1-5-9-15-31-23-32(16-10-6-2)26-37(25-31)43-29-35-19-13-21-39-40-22-14-20-36(42(40)46-45-41(35)39)30-44-38-27-33(17-11-7-3)24-34(28-38)18-12-8-4/h13-14,19-30H,5-12,15-18H2,1-4H3. The maximum atomic E-state index is 4.96. The third kappa shape index (κ3) is 8.75. The smallest absolute Gasteiger partial charge is 0.102 e. The predicted molar refractivity (Wildman–Crippen MR) is 199 cm³/mol. The lowest BCUT2D eigenvalue weighted by molar-refractivity contribution is 0.780. The fourth-order valence-corrected chi connectivity index (χ4v) is 6.11. The second-order valence-corrected chi connectivity index (χ2v) is 12.6. The highest BCUT2D eigenvalue weighted by Crippen LogP contribution is 2.27. The highest BCUT2D eigenvalue weighted by molar-refractivity contribution is 6.12. The van der Waals surface area contributed by atoms with Crippen molar-refractivity contribution in [1.82, 2.24) is 10.2 Å². The average Bonchev–Trinajstić information content (AvgIpc) is 3.09. The number of hydrogen-bond donors (Lipinski definition) is 0. The lowest BCUT2D eigenvalue weighted by Crippen LogP contribution is -1.96. The van der Waals surface area contributed by atoms with Crippen LogP contribution in [0.2, 0.25) is 0 Å². The van der Waals surface area contributed by atoms with Crippen molar-refractivity contribution in [2.24, 2.45) is 9.98 Å². The molecule has 0 aliphatic heterocycles. The first-order chi connectivity index (χ1) is 22.6. The molecule has 5 aromatic rings. The summed E-state index contributed by atoms with van der Waals surface area (Å²) < 4.78 is 0. The molecule has 46 heavy (non-hydrogen) atoms. The van der Waals surface area contributed by atoms with Crippen LogP contribution < -0.4 is 0 Å². The third-order valence-corrected chi connectivity index (χ3v) is 8.73. The number of aliphatic imine (C=N–C) groups is 2. The van der Waals surface area contributed by atoms with Gasteiger partial charge in [-0.15, -0.1) is 10.2 Å². The van der Waals surface area contributed by atoms with Crippen molar-refractivity contribution >= 4 is 45.6 Å². The fourth-order valence-electron chi connectivity index (χ4n) is 6.11. The van der Waals surface area contributed by atoms with Gasteiger partial charge in [0.15, 0.2) is 0 Å². The summed E-state index contributed by atoms with van der Waals surface area (Å²) >= 11 is 0. The number of aromatic nitrogens is 2. The van der Waals surface area contributed by atoms with Gasteiger partial charge in [0.1, 0.15) is 11.0 Å². The van der Waals surface area contributed by atoms with Gasteiger partial charge in [-0.25, -0.2) is 0 Å². The highest BCUT2D eigenvalue weighted by Gasteiger charge is 2.10. The zero-order chi connectivity index (χ0) is 32.1. The third-order valence-electron chi connectivity index (χ3n) is 8.73. The highest BCUT2D eigenvalue weighted by atomic mass is 15.1. The molecule has 0 spiro atoms. The van der Waals surface area contributed by atoms with Crippen molar-refractivity contribution < 1.29 is 0 Å². The Morgan fingerprint density at radius 1 is 0.478 bits per heavy atom. The minimum Gasteiger partial charge on any atom is -0.256 e. The first-order valence-corrected chi connectivity index (χ1v) is 17.6. The van der Waals surface area contributed by atoms with E-state index in [1.54, 1.807) is 0 Å². The Kier molecular flexibility index (Phi) is 12.2. The van der Waals surface area contributed by atoms with E-state index in [2.05, 4.69) is 100 Å². The molecule has 5 rings (SSSR count). The van der Waals surface area contributed by atoms with Crippen LogP contribution in [0, 0.1) is 0 Å². The van der Waals surface area contributed by atoms with Crippen LogP contribution in [0.25, 0.3) is 21.8 Å². The van der Waals surface area contributed by atoms with Gasteiger partial charge in [0.05, 0.1) is 11.4 Å². The molecule has 0 unspecified atom stereocenters. The molecule has 0 N–H and O–H groups in total. The van der Waals surface area contributed by atoms with Crippen molar-refractivity contribution in [2.75, 3.05) is 0 Å². The fraction of sp³-hybridized carbons (Fsp3) is 0.381. The number of rotatable bonds is 16. The first kappa shape index (κ1) is 33.2. The van der Waals surface area contributed by atoms with E-state index < -0.39 is 0 Å². The second kappa shape index (κ2) is 16.9. The number of fused-ring (bicyclic) bond motifs is 3. The van der Waals surface area contributed by atoms with Crippen LogP contribution in [0.5, 0.6) is 0 Å². The van der Waals surface area contributed by atoms with Crippen LogP contribution in [0.4, 0.5) is 11.4 Å². The van der Waals surface area contributed by atoms with E-state index in [9.17, 15) is 0 Å². The van der Waals surface area contributed by atoms with Crippen LogP contribution in [-0.4, -0.2) is 22.6 Å². The molecule has 0 radical (unpaired) electrons. The maximum absolute atomic E-state index is 4.96. The van der Waals surface area contributed by atoms with Gasteiger partial charge in [-0.1, -0.05) is 102 Å². The molecule has 238 valence electrons. The van der Waals surface area contributed by atoms with E-state index in [1.807, 2.05) is 12.4 Å². The van der Waals surface area contributed by atoms with E-state index in [4.69, 9.17) is 20.2 Å². The molecular formula is C42H50N4.